The Morgan fingerprint density at radius 1 is 1.38 bits per heavy atom. The number of carboxylic acid groups (broad SMARTS) is 1. The number of carbonyl (C=O) groups is 3. The van der Waals surface area contributed by atoms with Gasteiger partial charge in [-0.15, -0.1) is 0 Å². The summed E-state index contributed by atoms with van der Waals surface area (Å²) in [6, 6.07) is 3.67. The van der Waals surface area contributed by atoms with Gasteiger partial charge in [-0.05, 0) is 24.6 Å². The Morgan fingerprint density at radius 3 is 2.67 bits per heavy atom. The number of hydrogen-bond donors (Lipinski definition) is 2. The number of amides is 2. The van der Waals surface area contributed by atoms with Crippen molar-refractivity contribution in [1.82, 2.24) is 4.90 Å². The van der Waals surface area contributed by atoms with Crippen LogP contribution in [-0.2, 0) is 9.59 Å². The van der Waals surface area contributed by atoms with Crippen molar-refractivity contribution in [3.63, 3.8) is 0 Å². The van der Waals surface area contributed by atoms with E-state index < -0.39 is 23.6 Å². The summed E-state index contributed by atoms with van der Waals surface area (Å²) >= 11 is 0. The number of carboxylic acids is 1. The normalized spacial score (nSPS) is 17.6. The fourth-order valence-electron chi connectivity index (χ4n) is 2.27. The molecule has 0 radical (unpaired) electrons. The number of carbonyl (C=O) groups excluding carboxylic acids is 2. The van der Waals surface area contributed by atoms with E-state index in [0.29, 0.717) is 13.0 Å². The van der Waals surface area contributed by atoms with Gasteiger partial charge < -0.3 is 15.3 Å². The van der Waals surface area contributed by atoms with E-state index in [-0.39, 0.29) is 23.7 Å². The smallest absolute Gasteiger partial charge is 0.308 e. The molecule has 0 bridgehead atoms. The van der Waals surface area contributed by atoms with Crippen molar-refractivity contribution in [2.24, 2.45) is 5.92 Å². The third-order valence-corrected chi connectivity index (χ3v) is 3.35. The van der Waals surface area contributed by atoms with Crippen molar-refractivity contribution in [3.8, 4) is 0 Å². The summed E-state index contributed by atoms with van der Waals surface area (Å²) in [7, 11) is 0. The van der Waals surface area contributed by atoms with Crippen LogP contribution < -0.4 is 5.32 Å². The fraction of sp³-hybridized carbons (Fsp3) is 0.357. The molecule has 1 aliphatic heterocycles. The molecular weight excluding hydrogens is 279 g/mol. The monoisotopic (exact) mass is 294 g/mol. The van der Waals surface area contributed by atoms with Gasteiger partial charge in [0.2, 0.25) is 5.91 Å². The number of benzene rings is 1. The quantitative estimate of drug-likeness (QED) is 0.880. The van der Waals surface area contributed by atoms with E-state index in [9.17, 15) is 18.8 Å². The second-order valence-corrected chi connectivity index (χ2v) is 4.95. The van der Waals surface area contributed by atoms with Crippen LogP contribution in [0.15, 0.2) is 18.2 Å². The predicted octanol–water partition coefficient (Wildman–Crippen LogP) is 1.33. The predicted molar refractivity (Wildman–Crippen MR) is 72.4 cm³/mol. The molecule has 6 nitrogen and oxygen atoms in total. The maximum absolute atomic E-state index is 13.5. The summed E-state index contributed by atoms with van der Waals surface area (Å²) < 4.78 is 13.5. The number of anilines is 1. The summed E-state index contributed by atoms with van der Waals surface area (Å²) in [5.74, 6) is -2.94. The summed E-state index contributed by atoms with van der Waals surface area (Å²) in [4.78, 5) is 35.6. The molecule has 1 heterocycles. The molecule has 2 rings (SSSR count). The number of likely N-dealkylation sites (tertiary alicyclic amines) is 1. The van der Waals surface area contributed by atoms with Gasteiger partial charge in [0.1, 0.15) is 5.82 Å². The van der Waals surface area contributed by atoms with Crippen LogP contribution in [0.25, 0.3) is 0 Å². The average molecular weight is 294 g/mol. The van der Waals surface area contributed by atoms with Gasteiger partial charge in [0, 0.05) is 25.6 Å². The molecule has 0 spiro atoms. The van der Waals surface area contributed by atoms with Crippen molar-refractivity contribution >= 4 is 23.5 Å². The van der Waals surface area contributed by atoms with E-state index in [1.54, 1.807) is 0 Å². The molecule has 1 unspecified atom stereocenters. The van der Waals surface area contributed by atoms with Gasteiger partial charge in [0.25, 0.3) is 5.91 Å². The molecule has 21 heavy (non-hydrogen) atoms. The van der Waals surface area contributed by atoms with Crippen molar-refractivity contribution in [1.29, 1.82) is 0 Å². The molecule has 7 heteroatoms. The molecule has 1 aromatic carbocycles. The number of aliphatic carboxylic acids is 1. The molecule has 2 amide bonds. The topological polar surface area (TPSA) is 86.7 Å². The third kappa shape index (κ3) is 3.36. The van der Waals surface area contributed by atoms with Gasteiger partial charge >= 0.3 is 5.97 Å². The Labute approximate surface area is 120 Å². The molecule has 1 aliphatic rings. The maximum atomic E-state index is 13.5. The summed E-state index contributed by atoms with van der Waals surface area (Å²) in [6.45, 7) is 1.73. The Bertz CT molecular complexity index is 603. The average Bonchev–Trinajstić information content (AvgIpc) is 2.89. The van der Waals surface area contributed by atoms with Crippen LogP contribution >= 0.6 is 0 Å². The third-order valence-electron chi connectivity index (χ3n) is 3.35. The first-order chi connectivity index (χ1) is 9.88. The van der Waals surface area contributed by atoms with Crippen LogP contribution in [-0.4, -0.2) is 40.9 Å². The van der Waals surface area contributed by atoms with Gasteiger partial charge in [0.15, 0.2) is 0 Å². The fourth-order valence-corrected chi connectivity index (χ4v) is 2.27. The number of nitrogens with zero attached hydrogens (tertiary/aromatic N) is 1. The second-order valence-electron chi connectivity index (χ2n) is 4.95. The standard InChI is InChI=1S/C14H15FN2O4/c1-8(18)16-12-6-9(2-3-11(12)15)13(19)17-5-4-10(7-17)14(20)21/h2-3,6,10H,4-5,7H2,1H3,(H,16,18)(H,20,21). The first kappa shape index (κ1) is 15.0. The minimum absolute atomic E-state index is 0.0673. The maximum Gasteiger partial charge on any atom is 0.308 e. The Kier molecular flexibility index (Phi) is 4.21. The van der Waals surface area contributed by atoms with Crippen LogP contribution in [0, 0.1) is 11.7 Å². The molecule has 1 aromatic rings. The minimum Gasteiger partial charge on any atom is -0.481 e. The molecule has 112 valence electrons. The Balaban J connectivity index is 2.16. The zero-order valence-corrected chi connectivity index (χ0v) is 11.4. The van der Waals surface area contributed by atoms with E-state index >= 15 is 0 Å². The number of hydrogen-bond acceptors (Lipinski definition) is 3. The lowest BCUT2D eigenvalue weighted by Crippen LogP contribution is -2.30. The van der Waals surface area contributed by atoms with Gasteiger partial charge in [-0.1, -0.05) is 0 Å². The van der Waals surface area contributed by atoms with Crippen LogP contribution in [0.4, 0.5) is 10.1 Å². The Hall–Kier alpha value is -2.44. The zero-order chi connectivity index (χ0) is 15.6. The molecule has 1 fully saturated rings. The zero-order valence-electron chi connectivity index (χ0n) is 11.4. The van der Waals surface area contributed by atoms with Crippen molar-refractivity contribution < 1.29 is 23.9 Å². The number of nitrogens with one attached hydrogen (secondary N) is 1. The highest BCUT2D eigenvalue weighted by Crippen LogP contribution is 2.22. The van der Waals surface area contributed by atoms with E-state index in [0.717, 1.165) is 6.07 Å². The summed E-state index contributed by atoms with van der Waals surface area (Å²) in [5.41, 5.74) is 0.147. The lowest BCUT2D eigenvalue weighted by Gasteiger charge is -2.16. The first-order valence-electron chi connectivity index (χ1n) is 6.47. The lowest BCUT2D eigenvalue weighted by molar-refractivity contribution is -0.141. The van der Waals surface area contributed by atoms with E-state index in [1.807, 2.05) is 0 Å². The highest BCUT2D eigenvalue weighted by molar-refractivity contribution is 5.97. The van der Waals surface area contributed by atoms with Crippen LogP contribution in [0.5, 0.6) is 0 Å². The van der Waals surface area contributed by atoms with Crippen LogP contribution in [0.1, 0.15) is 23.7 Å². The van der Waals surface area contributed by atoms with Crippen molar-refractivity contribution in [3.05, 3.63) is 29.6 Å². The first-order valence-corrected chi connectivity index (χ1v) is 6.47. The van der Waals surface area contributed by atoms with Gasteiger partial charge in [-0.2, -0.15) is 0 Å². The number of rotatable bonds is 3. The largest absolute Gasteiger partial charge is 0.481 e. The highest BCUT2D eigenvalue weighted by Gasteiger charge is 2.31. The van der Waals surface area contributed by atoms with Crippen LogP contribution in [0.3, 0.4) is 0 Å². The molecule has 2 N–H and O–H groups in total. The van der Waals surface area contributed by atoms with Crippen molar-refractivity contribution in [2.45, 2.75) is 13.3 Å². The molecule has 0 aromatic heterocycles. The van der Waals surface area contributed by atoms with E-state index in [2.05, 4.69) is 5.32 Å². The van der Waals surface area contributed by atoms with Gasteiger partial charge in [0.05, 0.1) is 11.6 Å². The lowest BCUT2D eigenvalue weighted by atomic mass is 10.1. The Morgan fingerprint density at radius 2 is 2.10 bits per heavy atom. The number of halogens is 1. The molecule has 0 saturated carbocycles. The van der Waals surface area contributed by atoms with Crippen molar-refractivity contribution in [2.75, 3.05) is 18.4 Å². The van der Waals surface area contributed by atoms with Crippen LogP contribution in [0.2, 0.25) is 0 Å². The second kappa shape index (κ2) is 5.90. The van der Waals surface area contributed by atoms with Gasteiger partial charge in [-0.25, -0.2) is 4.39 Å². The molecule has 0 aliphatic carbocycles. The molecular formula is C14H15FN2O4. The summed E-state index contributed by atoms with van der Waals surface area (Å²) in [5, 5.41) is 11.2. The van der Waals surface area contributed by atoms with E-state index in [4.69, 9.17) is 5.11 Å². The minimum atomic E-state index is -0.927. The highest BCUT2D eigenvalue weighted by atomic mass is 19.1. The summed E-state index contributed by atoms with van der Waals surface area (Å²) in [6.07, 6.45) is 0.404. The SMILES string of the molecule is CC(=O)Nc1cc(C(=O)N2CCC(C(=O)O)C2)ccc1F. The molecule has 1 saturated heterocycles. The molecule has 1 atom stereocenters. The van der Waals surface area contributed by atoms with Gasteiger partial charge in [-0.3, -0.25) is 14.4 Å². The van der Waals surface area contributed by atoms with E-state index in [1.165, 1.54) is 24.0 Å².